The average Bonchev–Trinajstić information content (AvgIpc) is 2.82. The first kappa shape index (κ1) is 26.7. The van der Waals surface area contributed by atoms with Crippen molar-refractivity contribution in [3.05, 3.63) is 87.1 Å². The van der Waals surface area contributed by atoms with Gasteiger partial charge in [0.25, 0.3) is 0 Å². The third-order valence-electron chi connectivity index (χ3n) is 5.41. The van der Waals surface area contributed by atoms with Crippen LogP contribution in [-0.2, 0) is 25.2 Å². The van der Waals surface area contributed by atoms with E-state index in [1.165, 1.54) is 30.0 Å². The SMILES string of the molecule is CCOC(=O)[C@@H]1/C(=C/Sc2ccccc2Cl)NC(C)=C(C(=O)OC)[C@H]1c1ccccc1C(F)(F)F. The second-order valence-electron chi connectivity index (χ2n) is 7.57. The highest BCUT2D eigenvalue weighted by Gasteiger charge is 2.47. The van der Waals surface area contributed by atoms with Crippen LogP contribution in [0, 0.1) is 5.92 Å². The summed E-state index contributed by atoms with van der Waals surface area (Å²) >= 11 is 7.43. The minimum absolute atomic E-state index is 0.00413. The number of carbonyl (C=O) groups excluding carboxylic acids is 2. The number of thioether (sulfide) groups is 1. The molecule has 0 aromatic heterocycles. The summed E-state index contributed by atoms with van der Waals surface area (Å²) in [4.78, 5) is 26.7. The summed E-state index contributed by atoms with van der Waals surface area (Å²) in [5.41, 5.74) is -0.713. The van der Waals surface area contributed by atoms with E-state index in [0.29, 0.717) is 9.92 Å². The standard InChI is InChI=1S/C25H23ClF3NO4S/c1-4-34-24(32)22-18(13-35-19-12-8-7-11-17(19)26)30-14(2)20(23(31)33-3)21(22)15-9-5-6-10-16(15)25(27,28)29/h5-13,21-22,30H,4H2,1-3H3/b18-13-/t21-,22-/m1/s1. The molecule has 0 saturated carbocycles. The highest BCUT2D eigenvalue weighted by Crippen LogP contribution is 2.47. The molecule has 2 atom stereocenters. The molecule has 186 valence electrons. The van der Waals surface area contributed by atoms with Crippen LogP contribution in [0.2, 0.25) is 5.02 Å². The Morgan fingerprint density at radius 3 is 2.43 bits per heavy atom. The number of alkyl halides is 3. The van der Waals surface area contributed by atoms with Crippen molar-refractivity contribution in [3.63, 3.8) is 0 Å². The van der Waals surface area contributed by atoms with Gasteiger partial charge in [-0.25, -0.2) is 4.79 Å². The van der Waals surface area contributed by atoms with Crippen molar-refractivity contribution in [3.8, 4) is 0 Å². The van der Waals surface area contributed by atoms with Crippen LogP contribution in [0.1, 0.15) is 30.9 Å². The van der Waals surface area contributed by atoms with Gasteiger partial charge in [0.2, 0.25) is 0 Å². The first-order valence-electron chi connectivity index (χ1n) is 10.6. The topological polar surface area (TPSA) is 64.6 Å². The van der Waals surface area contributed by atoms with E-state index in [0.717, 1.165) is 13.2 Å². The van der Waals surface area contributed by atoms with Crippen molar-refractivity contribution in [2.45, 2.75) is 30.8 Å². The summed E-state index contributed by atoms with van der Waals surface area (Å²) in [5, 5.41) is 5.08. The highest BCUT2D eigenvalue weighted by molar-refractivity contribution is 8.02. The van der Waals surface area contributed by atoms with Crippen LogP contribution in [0.5, 0.6) is 0 Å². The first-order valence-corrected chi connectivity index (χ1v) is 11.9. The Kier molecular flexibility index (Phi) is 8.56. The van der Waals surface area contributed by atoms with E-state index in [4.69, 9.17) is 21.1 Å². The second kappa shape index (κ2) is 11.2. The summed E-state index contributed by atoms with van der Waals surface area (Å²) < 4.78 is 52.1. The zero-order valence-corrected chi connectivity index (χ0v) is 20.7. The first-order chi connectivity index (χ1) is 16.6. The lowest BCUT2D eigenvalue weighted by atomic mass is 9.74. The molecule has 0 saturated heterocycles. The van der Waals surface area contributed by atoms with Gasteiger partial charge in [0.1, 0.15) is 5.92 Å². The van der Waals surface area contributed by atoms with E-state index < -0.39 is 35.5 Å². The predicted molar refractivity (Wildman–Crippen MR) is 128 cm³/mol. The van der Waals surface area contributed by atoms with Gasteiger partial charge in [-0.3, -0.25) is 4.79 Å². The number of methoxy groups -OCH3 is 1. The van der Waals surface area contributed by atoms with Crippen molar-refractivity contribution in [2.75, 3.05) is 13.7 Å². The molecular weight excluding hydrogens is 503 g/mol. The van der Waals surface area contributed by atoms with Gasteiger partial charge in [0.05, 0.1) is 29.9 Å². The number of ether oxygens (including phenoxy) is 2. The van der Waals surface area contributed by atoms with Crippen molar-refractivity contribution in [1.29, 1.82) is 0 Å². The molecule has 0 radical (unpaired) electrons. The summed E-state index contributed by atoms with van der Waals surface area (Å²) in [6.07, 6.45) is -4.72. The van der Waals surface area contributed by atoms with E-state index in [1.807, 2.05) is 0 Å². The lowest BCUT2D eigenvalue weighted by Gasteiger charge is -2.36. The average molecular weight is 526 g/mol. The molecule has 1 aliphatic rings. The third-order valence-corrected chi connectivity index (χ3v) is 6.84. The van der Waals surface area contributed by atoms with Crippen LogP contribution in [0.4, 0.5) is 13.2 Å². The summed E-state index contributed by atoms with van der Waals surface area (Å²) in [7, 11) is 1.13. The maximum atomic E-state index is 14.0. The molecule has 1 aliphatic heterocycles. The van der Waals surface area contributed by atoms with E-state index in [9.17, 15) is 22.8 Å². The Hall–Kier alpha value is -2.91. The fourth-order valence-corrected chi connectivity index (χ4v) is 5.02. The maximum absolute atomic E-state index is 14.0. The number of carbonyl (C=O) groups is 2. The Morgan fingerprint density at radius 1 is 1.14 bits per heavy atom. The Labute approximate surface area is 210 Å². The molecule has 5 nitrogen and oxygen atoms in total. The molecule has 3 rings (SSSR count). The zero-order valence-electron chi connectivity index (χ0n) is 19.1. The number of benzene rings is 2. The quantitative estimate of drug-likeness (QED) is 0.352. The number of nitrogens with one attached hydrogen (secondary N) is 1. The fourth-order valence-electron chi connectivity index (χ4n) is 3.96. The molecule has 10 heteroatoms. The number of halogens is 4. The molecule has 0 aliphatic carbocycles. The van der Waals surface area contributed by atoms with Gasteiger partial charge < -0.3 is 14.8 Å². The van der Waals surface area contributed by atoms with Crippen molar-refractivity contribution >= 4 is 35.3 Å². The maximum Gasteiger partial charge on any atom is 0.416 e. The summed E-state index contributed by atoms with van der Waals surface area (Å²) in [5.74, 6) is -4.20. The van der Waals surface area contributed by atoms with Gasteiger partial charge in [-0.1, -0.05) is 53.7 Å². The summed E-state index contributed by atoms with van der Waals surface area (Å²) in [6, 6.07) is 11.9. The second-order valence-corrected chi connectivity index (χ2v) is 8.89. The van der Waals surface area contributed by atoms with Gasteiger partial charge in [-0.05, 0) is 43.0 Å². The minimum Gasteiger partial charge on any atom is -0.466 e. The fraction of sp³-hybridized carbons (Fsp3) is 0.280. The van der Waals surface area contributed by atoms with Crippen LogP contribution in [0.15, 0.2) is 75.8 Å². The molecule has 2 aromatic rings. The van der Waals surface area contributed by atoms with Gasteiger partial charge in [0.15, 0.2) is 0 Å². The number of allylic oxidation sites excluding steroid dienone is 1. The molecule has 1 heterocycles. The van der Waals surface area contributed by atoms with E-state index in [-0.39, 0.29) is 29.1 Å². The molecule has 35 heavy (non-hydrogen) atoms. The normalized spacial score (nSPS) is 19.3. The van der Waals surface area contributed by atoms with Crippen LogP contribution in [0.3, 0.4) is 0 Å². The largest absolute Gasteiger partial charge is 0.466 e. The highest BCUT2D eigenvalue weighted by atomic mass is 35.5. The van der Waals surface area contributed by atoms with Crippen LogP contribution in [0.25, 0.3) is 0 Å². The lowest BCUT2D eigenvalue weighted by molar-refractivity contribution is -0.148. The van der Waals surface area contributed by atoms with Gasteiger partial charge in [-0.15, -0.1) is 0 Å². The molecule has 0 spiro atoms. The molecule has 0 fully saturated rings. The van der Waals surface area contributed by atoms with Crippen molar-refractivity contribution in [1.82, 2.24) is 5.32 Å². The van der Waals surface area contributed by atoms with Gasteiger partial charge in [0, 0.05) is 22.2 Å². The van der Waals surface area contributed by atoms with Gasteiger partial charge in [-0.2, -0.15) is 13.2 Å². The Morgan fingerprint density at radius 2 is 1.80 bits per heavy atom. The molecule has 0 bridgehead atoms. The lowest BCUT2D eigenvalue weighted by Crippen LogP contribution is -2.40. The molecule has 0 unspecified atom stereocenters. The van der Waals surface area contributed by atoms with Crippen LogP contribution >= 0.6 is 23.4 Å². The van der Waals surface area contributed by atoms with Crippen LogP contribution in [-0.4, -0.2) is 25.7 Å². The third kappa shape index (κ3) is 5.85. The Balaban J connectivity index is 2.26. The van der Waals surface area contributed by atoms with Crippen molar-refractivity contribution < 1.29 is 32.2 Å². The summed E-state index contributed by atoms with van der Waals surface area (Å²) in [6.45, 7) is 3.14. The Bertz CT molecular complexity index is 1180. The van der Waals surface area contributed by atoms with Gasteiger partial charge >= 0.3 is 18.1 Å². The smallest absolute Gasteiger partial charge is 0.416 e. The minimum atomic E-state index is -4.72. The van der Waals surface area contributed by atoms with E-state index in [1.54, 1.807) is 43.5 Å². The molecule has 0 amide bonds. The number of esters is 2. The van der Waals surface area contributed by atoms with Crippen molar-refractivity contribution in [2.24, 2.45) is 5.92 Å². The zero-order chi connectivity index (χ0) is 25.8. The molecule has 2 aromatic carbocycles. The molecule has 1 N–H and O–H groups in total. The predicted octanol–water partition coefficient (Wildman–Crippen LogP) is 6.31. The molecular formula is C25H23ClF3NO4S. The number of hydrogen-bond acceptors (Lipinski definition) is 6. The van der Waals surface area contributed by atoms with E-state index in [2.05, 4.69) is 5.32 Å². The monoisotopic (exact) mass is 525 g/mol. The van der Waals surface area contributed by atoms with Crippen LogP contribution < -0.4 is 5.32 Å². The van der Waals surface area contributed by atoms with E-state index >= 15 is 0 Å². The number of hydrogen-bond donors (Lipinski definition) is 1. The number of rotatable bonds is 6.